The summed E-state index contributed by atoms with van der Waals surface area (Å²) in [6.07, 6.45) is 1.34. The van der Waals surface area contributed by atoms with Crippen molar-refractivity contribution >= 4 is 17.6 Å². The second-order valence-corrected chi connectivity index (χ2v) is 2.24. The van der Waals surface area contributed by atoms with Gasteiger partial charge in [-0.2, -0.15) is 0 Å². The number of rotatable bonds is 3. The zero-order valence-electron chi connectivity index (χ0n) is 5.57. The van der Waals surface area contributed by atoms with Gasteiger partial charge < -0.3 is 5.11 Å². The van der Waals surface area contributed by atoms with Crippen LogP contribution < -0.4 is 0 Å². The summed E-state index contributed by atoms with van der Waals surface area (Å²) in [5, 5.41) is 15.3. The first-order chi connectivity index (χ1) is 5.24. The molecule has 6 heteroatoms. The third kappa shape index (κ3) is 1.91. The highest BCUT2D eigenvalue weighted by Crippen LogP contribution is 1.92. The van der Waals surface area contributed by atoms with E-state index in [2.05, 4.69) is 10.3 Å². The highest BCUT2D eigenvalue weighted by atomic mass is 35.5. The van der Waals surface area contributed by atoms with Crippen molar-refractivity contribution in [2.24, 2.45) is 0 Å². The van der Waals surface area contributed by atoms with E-state index in [1.54, 1.807) is 0 Å². The van der Waals surface area contributed by atoms with Gasteiger partial charge in [-0.1, -0.05) is 5.21 Å². The van der Waals surface area contributed by atoms with Gasteiger partial charge in [-0.05, 0) is 0 Å². The van der Waals surface area contributed by atoms with Crippen LogP contribution in [-0.4, -0.2) is 31.9 Å². The lowest BCUT2D eigenvalue weighted by Gasteiger charge is -1.90. The number of nitrogens with zero attached hydrogens (tertiary/aromatic N) is 3. The summed E-state index contributed by atoms with van der Waals surface area (Å²) in [4.78, 5) is 10.3. The number of aromatic nitrogens is 3. The van der Waals surface area contributed by atoms with E-state index in [0.29, 0.717) is 12.4 Å². The number of aryl methyl sites for hydroxylation is 1. The standard InChI is InChI=1S/C5H6ClN3O2/c6-1-2-9-3-4(5(10)11)7-8-9/h3H,1-2H2,(H,10,11). The van der Waals surface area contributed by atoms with Crippen molar-refractivity contribution in [3.63, 3.8) is 0 Å². The van der Waals surface area contributed by atoms with Crippen LogP contribution in [0.15, 0.2) is 6.20 Å². The fourth-order valence-electron chi connectivity index (χ4n) is 0.592. The molecule has 0 atom stereocenters. The van der Waals surface area contributed by atoms with E-state index < -0.39 is 5.97 Å². The molecule has 0 fully saturated rings. The van der Waals surface area contributed by atoms with E-state index >= 15 is 0 Å². The predicted octanol–water partition coefficient (Wildman–Crippen LogP) is 0.215. The molecular formula is C5H6ClN3O2. The van der Waals surface area contributed by atoms with Gasteiger partial charge in [0.1, 0.15) is 0 Å². The smallest absolute Gasteiger partial charge is 0.358 e. The Balaban J connectivity index is 2.73. The van der Waals surface area contributed by atoms with Gasteiger partial charge in [-0.25, -0.2) is 4.79 Å². The molecular weight excluding hydrogens is 170 g/mol. The van der Waals surface area contributed by atoms with Crippen LogP contribution in [0.4, 0.5) is 0 Å². The third-order valence-electron chi connectivity index (χ3n) is 1.07. The van der Waals surface area contributed by atoms with Crippen molar-refractivity contribution in [1.29, 1.82) is 0 Å². The van der Waals surface area contributed by atoms with E-state index in [0.717, 1.165) is 0 Å². The van der Waals surface area contributed by atoms with E-state index in [1.807, 2.05) is 0 Å². The molecule has 0 spiro atoms. The van der Waals surface area contributed by atoms with Crippen LogP contribution in [-0.2, 0) is 6.54 Å². The zero-order valence-corrected chi connectivity index (χ0v) is 6.32. The maximum absolute atomic E-state index is 10.3. The minimum atomic E-state index is -1.08. The lowest BCUT2D eigenvalue weighted by Crippen LogP contribution is -1.99. The van der Waals surface area contributed by atoms with E-state index in [1.165, 1.54) is 10.9 Å². The van der Waals surface area contributed by atoms with E-state index in [-0.39, 0.29) is 5.69 Å². The first kappa shape index (κ1) is 8.00. The van der Waals surface area contributed by atoms with Gasteiger partial charge in [0, 0.05) is 5.88 Å². The molecule has 0 saturated carbocycles. The monoisotopic (exact) mass is 175 g/mol. The molecule has 0 unspecified atom stereocenters. The number of carboxylic acids is 1. The summed E-state index contributed by atoms with van der Waals surface area (Å²) in [5.74, 6) is -0.687. The average molecular weight is 176 g/mol. The Morgan fingerprint density at radius 1 is 1.82 bits per heavy atom. The second kappa shape index (κ2) is 3.34. The van der Waals surface area contributed by atoms with Crippen molar-refractivity contribution in [2.45, 2.75) is 6.54 Å². The van der Waals surface area contributed by atoms with Gasteiger partial charge in [0.2, 0.25) is 0 Å². The molecule has 0 aliphatic heterocycles. The first-order valence-corrected chi connectivity index (χ1v) is 3.47. The number of hydrogen-bond acceptors (Lipinski definition) is 3. The molecule has 1 aromatic heterocycles. The molecule has 0 aromatic carbocycles. The minimum Gasteiger partial charge on any atom is -0.476 e. The minimum absolute atomic E-state index is 0.0601. The lowest BCUT2D eigenvalue weighted by molar-refractivity contribution is 0.0690. The number of carbonyl (C=O) groups is 1. The molecule has 0 radical (unpaired) electrons. The maximum atomic E-state index is 10.3. The van der Waals surface area contributed by atoms with Crippen molar-refractivity contribution < 1.29 is 9.90 Å². The Labute approximate surface area is 67.6 Å². The molecule has 0 bridgehead atoms. The third-order valence-corrected chi connectivity index (χ3v) is 1.24. The van der Waals surface area contributed by atoms with Gasteiger partial charge in [0.05, 0.1) is 12.7 Å². The number of halogens is 1. The Kier molecular flexibility index (Phi) is 2.43. The van der Waals surface area contributed by atoms with Crippen LogP contribution in [0.25, 0.3) is 0 Å². The Bertz CT molecular complexity index is 260. The number of hydrogen-bond donors (Lipinski definition) is 1. The summed E-state index contributed by atoms with van der Waals surface area (Å²) in [5.41, 5.74) is -0.0601. The number of carboxylic acid groups (broad SMARTS) is 1. The molecule has 0 aliphatic rings. The second-order valence-electron chi connectivity index (χ2n) is 1.86. The predicted molar refractivity (Wildman–Crippen MR) is 37.7 cm³/mol. The highest BCUT2D eigenvalue weighted by molar-refractivity contribution is 6.17. The van der Waals surface area contributed by atoms with Crippen LogP contribution in [0.1, 0.15) is 10.5 Å². The van der Waals surface area contributed by atoms with Crippen LogP contribution in [0.2, 0.25) is 0 Å². The van der Waals surface area contributed by atoms with Crippen molar-refractivity contribution in [3.8, 4) is 0 Å². The quantitative estimate of drug-likeness (QED) is 0.667. The van der Waals surface area contributed by atoms with Crippen LogP contribution in [0, 0.1) is 0 Å². The van der Waals surface area contributed by atoms with Crippen LogP contribution >= 0.6 is 11.6 Å². The molecule has 1 rings (SSSR count). The summed E-state index contributed by atoms with van der Waals surface area (Å²) in [7, 11) is 0. The Morgan fingerprint density at radius 2 is 2.55 bits per heavy atom. The normalized spacial score (nSPS) is 9.91. The molecule has 5 nitrogen and oxygen atoms in total. The maximum Gasteiger partial charge on any atom is 0.358 e. The Hall–Kier alpha value is -1.10. The van der Waals surface area contributed by atoms with E-state index in [4.69, 9.17) is 16.7 Å². The largest absolute Gasteiger partial charge is 0.476 e. The van der Waals surface area contributed by atoms with Gasteiger partial charge in [0.15, 0.2) is 5.69 Å². The summed E-state index contributed by atoms with van der Waals surface area (Å²) in [6, 6.07) is 0. The van der Waals surface area contributed by atoms with Crippen LogP contribution in [0.3, 0.4) is 0 Å². The van der Waals surface area contributed by atoms with Crippen molar-refractivity contribution in [3.05, 3.63) is 11.9 Å². The highest BCUT2D eigenvalue weighted by Gasteiger charge is 2.06. The molecule has 1 heterocycles. The summed E-state index contributed by atoms with van der Waals surface area (Å²) in [6.45, 7) is 0.474. The molecule has 0 saturated heterocycles. The Morgan fingerprint density at radius 3 is 3.00 bits per heavy atom. The summed E-state index contributed by atoms with van der Waals surface area (Å²) >= 11 is 5.39. The SMILES string of the molecule is O=C(O)c1cn(CCCl)nn1. The topological polar surface area (TPSA) is 68.0 Å². The average Bonchev–Trinajstić information content (AvgIpc) is 2.37. The fourth-order valence-corrected chi connectivity index (χ4v) is 0.765. The molecule has 11 heavy (non-hydrogen) atoms. The number of alkyl halides is 1. The van der Waals surface area contributed by atoms with Crippen molar-refractivity contribution in [1.82, 2.24) is 15.0 Å². The van der Waals surface area contributed by atoms with Crippen LogP contribution in [0.5, 0.6) is 0 Å². The molecule has 60 valence electrons. The molecule has 1 N–H and O–H groups in total. The first-order valence-electron chi connectivity index (χ1n) is 2.93. The summed E-state index contributed by atoms with van der Waals surface area (Å²) < 4.78 is 1.39. The van der Waals surface area contributed by atoms with Gasteiger partial charge in [-0.15, -0.1) is 16.7 Å². The fraction of sp³-hybridized carbons (Fsp3) is 0.400. The zero-order chi connectivity index (χ0) is 8.27. The van der Waals surface area contributed by atoms with Gasteiger partial charge >= 0.3 is 5.97 Å². The van der Waals surface area contributed by atoms with Gasteiger partial charge in [-0.3, -0.25) is 4.68 Å². The van der Waals surface area contributed by atoms with Crippen molar-refractivity contribution in [2.75, 3.05) is 5.88 Å². The molecule has 1 aromatic rings. The van der Waals surface area contributed by atoms with Gasteiger partial charge in [0.25, 0.3) is 0 Å². The molecule has 0 aliphatic carbocycles. The number of aromatic carboxylic acids is 1. The van der Waals surface area contributed by atoms with E-state index in [9.17, 15) is 4.79 Å². The molecule has 0 amide bonds. The lowest BCUT2D eigenvalue weighted by atomic mass is 10.5.